The Morgan fingerprint density at radius 3 is 2.59 bits per heavy atom. The summed E-state index contributed by atoms with van der Waals surface area (Å²) in [5.41, 5.74) is 6.28. The van der Waals surface area contributed by atoms with Crippen LogP contribution in [0.3, 0.4) is 0 Å². The van der Waals surface area contributed by atoms with Gasteiger partial charge in [-0.05, 0) is 24.3 Å². The maximum atomic E-state index is 11.2. The number of methoxy groups -OCH3 is 1. The summed E-state index contributed by atoms with van der Waals surface area (Å²) in [5.74, 6) is 0.517. The molecule has 2 aromatic carbocycles. The molecule has 0 aromatic heterocycles. The van der Waals surface area contributed by atoms with E-state index in [1.807, 2.05) is 0 Å². The van der Waals surface area contributed by atoms with E-state index in [-0.39, 0.29) is 12.2 Å². The lowest BCUT2D eigenvalue weighted by atomic mass is 10.1. The molecular formula is C16H16N2O4. The Balaban J connectivity index is 2.28. The van der Waals surface area contributed by atoms with E-state index in [1.54, 1.807) is 43.5 Å². The van der Waals surface area contributed by atoms with E-state index in [4.69, 9.17) is 15.3 Å². The number of hydrogen-bond donors (Lipinski definition) is 2. The Morgan fingerprint density at radius 1 is 1.18 bits per heavy atom. The number of phenols is 1. The average Bonchev–Trinajstić information content (AvgIpc) is 2.51. The summed E-state index contributed by atoms with van der Waals surface area (Å²) in [6, 6.07) is 13.3. The van der Waals surface area contributed by atoms with Crippen LogP contribution in [-0.2, 0) is 4.79 Å². The number of ether oxygens (including phenoxy) is 1. The second-order valence-corrected chi connectivity index (χ2v) is 4.50. The molecule has 0 spiro atoms. The molecule has 0 fully saturated rings. The number of nitrogens with zero attached hydrogens (tertiary/aromatic N) is 1. The Morgan fingerprint density at radius 2 is 1.91 bits per heavy atom. The first-order valence-corrected chi connectivity index (χ1v) is 6.54. The highest BCUT2D eigenvalue weighted by molar-refractivity contribution is 6.10. The fraction of sp³-hybridized carbons (Fsp3) is 0.125. The zero-order valence-corrected chi connectivity index (χ0v) is 12.0. The maximum Gasteiger partial charge on any atom is 0.223 e. The van der Waals surface area contributed by atoms with E-state index in [0.717, 1.165) is 0 Å². The number of primary amides is 1. The van der Waals surface area contributed by atoms with Crippen molar-refractivity contribution in [1.29, 1.82) is 0 Å². The number of carbonyl (C=O) groups excluding carboxylic acids is 1. The minimum absolute atomic E-state index is 0.0607. The minimum Gasteiger partial charge on any atom is -0.508 e. The molecule has 0 saturated carbocycles. The van der Waals surface area contributed by atoms with Gasteiger partial charge in [-0.3, -0.25) is 4.79 Å². The highest BCUT2D eigenvalue weighted by Crippen LogP contribution is 2.19. The van der Waals surface area contributed by atoms with Gasteiger partial charge in [0.2, 0.25) is 5.91 Å². The maximum absolute atomic E-state index is 11.2. The molecule has 22 heavy (non-hydrogen) atoms. The van der Waals surface area contributed by atoms with Crippen LogP contribution in [0.1, 0.15) is 12.0 Å². The molecule has 0 aliphatic carbocycles. The van der Waals surface area contributed by atoms with E-state index in [2.05, 4.69) is 5.16 Å². The lowest BCUT2D eigenvalue weighted by Gasteiger charge is -2.07. The molecule has 0 saturated heterocycles. The molecule has 0 bridgehead atoms. The van der Waals surface area contributed by atoms with Gasteiger partial charge < -0.3 is 20.4 Å². The number of aromatic hydroxyl groups is 1. The smallest absolute Gasteiger partial charge is 0.223 e. The van der Waals surface area contributed by atoms with Gasteiger partial charge in [0, 0.05) is 11.6 Å². The molecule has 1 amide bonds. The van der Waals surface area contributed by atoms with Crippen molar-refractivity contribution in [2.75, 3.05) is 7.11 Å². The molecule has 6 heteroatoms. The third-order valence-electron chi connectivity index (χ3n) is 2.82. The summed E-state index contributed by atoms with van der Waals surface area (Å²) >= 11 is 0. The number of oxime groups is 1. The molecule has 3 N–H and O–H groups in total. The van der Waals surface area contributed by atoms with Crippen LogP contribution in [0, 0.1) is 0 Å². The number of nitrogens with two attached hydrogens (primary N) is 1. The Labute approximate surface area is 127 Å². The van der Waals surface area contributed by atoms with Crippen molar-refractivity contribution >= 4 is 11.6 Å². The van der Waals surface area contributed by atoms with Gasteiger partial charge in [-0.15, -0.1) is 0 Å². The van der Waals surface area contributed by atoms with Crippen LogP contribution in [0.25, 0.3) is 0 Å². The van der Waals surface area contributed by atoms with Crippen molar-refractivity contribution in [2.24, 2.45) is 10.9 Å². The van der Waals surface area contributed by atoms with Crippen molar-refractivity contribution in [1.82, 2.24) is 0 Å². The number of hydrogen-bond acceptors (Lipinski definition) is 5. The number of carbonyl (C=O) groups is 1. The fourth-order valence-electron chi connectivity index (χ4n) is 1.80. The molecule has 0 unspecified atom stereocenters. The summed E-state index contributed by atoms with van der Waals surface area (Å²) in [5, 5.41) is 13.4. The summed E-state index contributed by atoms with van der Waals surface area (Å²) < 4.78 is 5.14. The quantitative estimate of drug-likeness (QED) is 0.630. The van der Waals surface area contributed by atoms with E-state index < -0.39 is 5.91 Å². The van der Waals surface area contributed by atoms with Gasteiger partial charge in [0.15, 0.2) is 5.75 Å². The van der Waals surface area contributed by atoms with Crippen molar-refractivity contribution in [3.05, 3.63) is 54.1 Å². The third-order valence-corrected chi connectivity index (χ3v) is 2.82. The number of phenolic OH excluding ortho intramolecular Hbond substituents is 1. The summed E-state index contributed by atoms with van der Waals surface area (Å²) in [7, 11) is 1.55. The first-order valence-electron chi connectivity index (χ1n) is 6.54. The predicted octanol–water partition coefficient (Wildman–Crippen LogP) is 2.06. The Kier molecular flexibility index (Phi) is 4.98. The topological polar surface area (TPSA) is 94.1 Å². The Bertz CT molecular complexity index is 698. The van der Waals surface area contributed by atoms with Crippen LogP contribution in [0.2, 0.25) is 0 Å². The third kappa shape index (κ3) is 4.24. The first-order chi connectivity index (χ1) is 10.6. The van der Waals surface area contributed by atoms with Crippen LogP contribution in [0.15, 0.2) is 53.7 Å². The molecule has 2 rings (SSSR count). The molecule has 114 valence electrons. The van der Waals surface area contributed by atoms with Gasteiger partial charge in [0.1, 0.15) is 11.5 Å². The van der Waals surface area contributed by atoms with Gasteiger partial charge in [-0.2, -0.15) is 0 Å². The largest absolute Gasteiger partial charge is 0.508 e. The molecule has 0 aliphatic rings. The first kappa shape index (κ1) is 15.4. The number of benzene rings is 2. The van der Waals surface area contributed by atoms with Crippen LogP contribution in [0.5, 0.6) is 17.2 Å². The van der Waals surface area contributed by atoms with Crippen LogP contribution in [0.4, 0.5) is 0 Å². The number of rotatable bonds is 6. The molecule has 0 heterocycles. The van der Waals surface area contributed by atoms with Gasteiger partial charge in [-0.1, -0.05) is 23.4 Å². The monoisotopic (exact) mass is 300 g/mol. The molecule has 0 atom stereocenters. The van der Waals surface area contributed by atoms with E-state index in [0.29, 0.717) is 22.8 Å². The minimum atomic E-state index is -0.527. The second-order valence-electron chi connectivity index (χ2n) is 4.50. The van der Waals surface area contributed by atoms with Gasteiger partial charge in [0.05, 0.1) is 19.2 Å². The molecule has 6 nitrogen and oxygen atoms in total. The van der Waals surface area contributed by atoms with Gasteiger partial charge >= 0.3 is 0 Å². The SMILES string of the molecule is COc1cccc(/C(CC(N)=O)=N/Oc2cccc(O)c2)c1. The summed E-state index contributed by atoms with van der Waals surface area (Å²) in [6.45, 7) is 0. The van der Waals surface area contributed by atoms with Crippen molar-refractivity contribution < 1.29 is 19.5 Å². The van der Waals surface area contributed by atoms with Crippen LogP contribution < -0.4 is 15.3 Å². The van der Waals surface area contributed by atoms with Crippen LogP contribution >= 0.6 is 0 Å². The van der Waals surface area contributed by atoms with Gasteiger partial charge in [-0.25, -0.2) is 0 Å². The number of amides is 1. The normalized spacial score (nSPS) is 11.0. The van der Waals surface area contributed by atoms with Crippen molar-refractivity contribution in [3.63, 3.8) is 0 Å². The van der Waals surface area contributed by atoms with E-state index >= 15 is 0 Å². The fourth-order valence-corrected chi connectivity index (χ4v) is 1.80. The second kappa shape index (κ2) is 7.12. The highest BCUT2D eigenvalue weighted by atomic mass is 16.6. The zero-order valence-electron chi connectivity index (χ0n) is 12.0. The lowest BCUT2D eigenvalue weighted by Crippen LogP contribution is -2.17. The highest BCUT2D eigenvalue weighted by Gasteiger charge is 2.10. The molecule has 2 aromatic rings. The van der Waals surface area contributed by atoms with E-state index in [1.165, 1.54) is 12.1 Å². The molecule has 0 radical (unpaired) electrons. The average molecular weight is 300 g/mol. The summed E-state index contributed by atoms with van der Waals surface area (Å²) in [6.07, 6.45) is -0.0774. The van der Waals surface area contributed by atoms with Crippen molar-refractivity contribution in [3.8, 4) is 17.2 Å². The molecular weight excluding hydrogens is 284 g/mol. The Hall–Kier alpha value is -3.02. The van der Waals surface area contributed by atoms with Crippen LogP contribution in [-0.4, -0.2) is 23.8 Å². The zero-order chi connectivity index (χ0) is 15.9. The van der Waals surface area contributed by atoms with Crippen molar-refractivity contribution in [2.45, 2.75) is 6.42 Å². The van der Waals surface area contributed by atoms with E-state index in [9.17, 15) is 9.90 Å². The van der Waals surface area contributed by atoms with Gasteiger partial charge in [0.25, 0.3) is 0 Å². The lowest BCUT2D eigenvalue weighted by molar-refractivity contribution is -0.116. The standard InChI is InChI=1S/C16H16N2O4/c1-21-13-6-2-4-11(8-13)15(10-16(17)20)18-22-14-7-3-5-12(19)9-14/h2-9,19H,10H2,1H3,(H2,17,20)/b18-15+. The molecule has 0 aliphatic heterocycles. The summed E-state index contributed by atoms with van der Waals surface area (Å²) in [4.78, 5) is 16.5. The predicted molar refractivity (Wildman–Crippen MR) is 82.1 cm³/mol.